The van der Waals surface area contributed by atoms with E-state index < -0.39 is 0 Å². The first-order valence-electron chi connectivity index (χ1n) is 6.83. The maximum Gasteiger partial charge on any atom is 0.302 e. The fourth-order valence-corrected chi connectivity index (χ4v) is 1.98. The average Bonchev–Trinajstić information content (AvgIpc) is 3.01. The van der Waals surface area contributed by atoms with Crippen molar-refractivity contribution in [1.82, 2.24) is 20.0 Å². The standard InChI is InChI=1S/C14H16N6O2/c1-19(2)12-15-13(20-8-9-22-14(20)16-12)18-17-11(21)10-6-4-3-5-7-10/h3-7H,8-9H2,1-2H3,(H,17,21)/b18-13+. The SMILES string of the molecule is CN(C)c1nc2n(/c(=N/NC(=O)c3ccccc3)n1)CCO2. The number of aromatic nitrogens is 3. The minimum atomic E-state index is -0.293. The molecule has 1 aromatic heterocycles. The van der Waals surface area contributed by atoms with Crippen molar-refractivity contribution in [2.75, 3.05) is 25.6 Å². The van der Waals surface area contributed by atoms with Gasteiger partial charge < -0.3 is 9.64 Å². The van der Waals surface area contributed by atoms with Crippen molar-refractivity contribution in [3.8, 4) is 6.01 Å². The molecule has 114 valence electrons. The van der Waals surface area contributed by atoms with E-state index in [2.05, 4.69) is 20.5 Å². The monoisotopic (exact) mass is 300 g/mol. The van der Waals surface area contributed by atoms with Crippen molar-refractivity contribution in [3.05, 3.63) is 41.5 Å². The molecule has 2 heterocycles. The van der Waals surface area contributed by atoms with E-state index in [9.17, 15) is 4.79 Å². The van der Waals surface area contributed by atoms with E-state index in [4.69, 9.17) is 4.74 Å². The Morgan fingerprint density at radius 2 is 2.09 bits per heavy atom. The Kier molecular flexibility index (Phi) is 3.73. The molecule has 0 fully saturated rings. The van der Waals surface area contributed by atoms with Gasteiger partial charge in [-0.3, -0.25) is 9.36 Å². The van der Waals surface area contributed by atoms with Crippen molar-refractivity contribution in [2.24, 2.45) is 5.10 Å². The Hall–Kier alpha value is -2.90. The van der Waals surface area contributed by atoms with E-state index in [1.54, 1.807) is 33.7 Å². The highest BCUT2D eigenvalue weighted by Gasteiger charge is 2.17. The summed E-state index contributed by atoms with van der Waals surface area (Å²) < 4.78 is 7.15. The van der Waals surface area contributed by atoms with E-state index in [1.165, 1.54) is 0 Å². The number of carbonyl (C=O) groups excluding carboxylic acids is 1. The van der Waals surface area contributed by atoms with Crippen LogP contribution in [0.25, 0.3) is 0 Å². The molecule has 8 nitrogen and oxygen atoms in total. The summed E-state index contributed by atoms with van der Waals surface area (Å²) in [4.78, 5) is 22.4. The average molecular weight is 300 g/mol. The second-order valence-electron chi connectivity index (χ2n) is 4.92. The molecule has 22 heavy (non-hydrogen) atoms. The summed E-state index contributed by atoms with van der Waals surface area (Å²) in [5.41, 5.74) is 3.40. The lowest BCUT2D eigenvalue weighted by molar-refractivity contribution is 0.0952. The number of ether oxygens (including phenoxy) is 1. The van der Waals surface area contributed by atoms with Gasteiger partial charge in [-0.05, 0) is 12.1 Å². The molecule has 0 saturated heterocycles. The molecule has 1 N–H and O–H groups in total. The van der Waals surface area contributed by atoms with Gasteiger partial charge in [-0.1, -0.05) is 18.2 Å². The number of rotatable bonds is 3. The lowest BCUT2D eigenvalue weighted by Crippen LogP contribution is -2.31. The molecule has 0 atom stereocenters. The van der Waals surface area contributed by atoms with Crippen LogP contribution in [0.3, 0.4) is 0 Å². The number of nitrogens with one attached hydrogen (secondary N) is 1. The van der Waals surface area contributed by atoms with Gasteiger partial charge in [0.15, 0.2) is 0 Å². The number of nitrogens with zero attached hydrogens (tertiary/aromatic N) is 5. The molecule has 0 radical (unpaired) electrons. The Labute approximate surface area is 127 Å². The molecule has 0 saturated carbocycles. The van der Waals surface area contributed by atoms with Crippen molar-refractivity contribution in [1.29, 1.82) is 0 Å². The van der Waals surface area contributed by atoms with Gasteiger partial charge >= 0.3 is 6.01 Å². The summed E-state index contributed by atoms with van der Waals surface area (Å²) in [7, 11) is 3.65. The molecule has 0 bridgehead atoms. The van der Waals surface area contributed by atoms with Gasteiger partial charge in [0.25, 0.3) is 11.5 Å². The minimum Gasteiger partial charge on any atom is -0.463 e. The maximum atomic E-state index is 12.0. The van der Waals surface area contributed by atoms with Crippen LogP contribution in [0.5, 0.6) is 6.01 Å². The summed E-state index contributed by atoms with van der Waals surface area (Å²) >= 11 is 0. The lowest BCUT2D eigenvalue weighted by atomic mass is 10.2. The van der Waals surface area contributed by atoms with Gasteiger partial charge in [-0.2, -0.15) is 9.97 Å². The molecule has 0 unspecified atom stereocenters. The van der Waals surface area contributed by atoms with Crippen LogP contribution in [0.4, 0.5) is 5.95 Å². The molecule has 1 amide bonds. The van der Waals surface area contributed by atoms with Crippen molar-refractivity contribution in [2.45, 2.75) is 6.54 Å². The predicted molar refractivity (Wildman–Crippen MR) is 79.3 cm³/mol. The first-order valence-corrected chi connectivity index (χ1v) is 6.83. The molecular weight excluding hydrogens is 284 g/mol. The number of amides is 1. The summed E-state index contributed by atoms with van der Waals surface area (Å²) in [5, 5.41) is 4.10. The zero-order valence-corrected chi connectivity index (χ0v) is 12.4. The number of carbonyl (C=O) groups is 1. The Morgan fingerprint density at radius 1 is 1.32 bits per heavy atom. The van der Waals surface area contributed by atoms with Crippen LogP contribution in [0.15, 0.2) is 35.4 Å². The third kappa shape index (κ3) is 2.76. The Bertz CT molecular complexity index is 754. The molecule has 0 spiro atoms. The first kappa shape index (κ1) is 14.1. The molecule has 8 heteroatoms. The van der Waals surface area contributed by atoms with E-state index in [0.717, 1.165) is 0 Å². The molecular formula is C14H16N6O2. The van der Waals surface area contributed by atoms with Crippen molar-refractivity contribution >= 4 is 11.9 Å². The van der Waals surface area contributed by atoms with Gasteiger partial charge in [0.1, 0.15) is 6.61 Å². The second-order valence-corrected chi connectivity index (χ2v) is 4.92. The summed E-state index contributed by atoms with van der Waals surface area (Å²) in [6, 6.07) is 9.33. The number of benzene rings is 1. The van der Waals surface area contributed by atoms with Crippen molar-refractivity contribution in [3.63, 3.8) is 0 Å². The summed E-state index contributed by atoms with van der Waals surface area (Å²) in [6.45, 7) is 1.11. The molecule has 2 aromatic rings. The van der Waals surface area contributed by atoms with E-state index in [1.807, 2.05) is 20.2 Å². The molecule has 1 aliphatic rings. The van der Waals surface area contributed by atoms with Gasteiger partial charge in [-0.15, -0.1) is 5.10 Å². The topological polar surface area (TPSA) is 84.6 Å². The number of anilines is 1. The van der Waals surface area contributed by atoms with Gasteiger partial charge in [-0.25, -0.2) is 5.43 Å². The minimum absolute atomic E-state index is 0.293. The van der Waals surface area contributed by atoms with Crippen LogP contribution in [0.1, 0.15) is 10.4 Å². The number of hydrogen-bond donors (Lipinski definition) is 1. The highest BCUT2D eigenvalue weighted by atomic mass is 16.5. The summed E-state index contributed by atoms with van der Waals surface area (Å²) in [6.07, 6.45) is 0. The second kappa shape index (κ2) is 5.84. The van der Waals surface area contributed by atoms with Crippen LogP contribution in [0, 0.1) is 0 Å². The van der Waals surface area contributed by atoms with E-state index >= 15 is 0 Å². The van der Waals surface area contributed by atoms with Crippen LogP contribution in [-0.2, 0) is 6.54 Å². The van der Waals surface area contributed by atoms with Crippen LogP contribution in [-0.4, -0.2) is 41.1 Å². The van der Waals surface area contributed by atoms with Gasteiger partial charge in [0.05, 0.1) is 6.54 Å². The maximum absolute atomic E-state index is 12.0. The van der Waals surface area contributed by atoms with E-state index in [0.29, 0.717) is 36.3 Å². The number of fused-ring (bicyclic) bond motifs is 1. The fraction of sp³-hybridized carbons (Fsp3) is 0.286. The zero-order chi connectivity index (χ0) is 15.5. The Morgan fingerprint density at radius 3 is 2.82 bits per heavy atom. The quantitative estimate of drug-likeness (QED) is 0.805. The smallest absolute Gasteiger partial charge is 0.302 e. The largest absolute Gasteiger partial charge is 0.463 e. The lowest BCUT2D eigenvalue weighted by Gasteiger charge is -2.11. The molecule has 0 aliphatic carbocycles. The third-order valence-electron chi connectivity index (χ3n) is 3.11. The molecule has 3 rings (SSSR count). The Balaban J connectivity index is 1.92. The summed E-state index contributed by atoms with van der Waals surface area (Å²) in [5.74, 6) is 0.180. The molecule has 1 aliphatic heterocycles. The zero-order valence-electron chi connectivity index (χ0n) is 12.4. The molecule has 1 aromatic carbocycles. The predicted octanol–water partition coefficient (Wildman–Crippen LogP) is -0.0178. The third-order valence-corrected chi connectivity index (χ3v) is 3.11. The van der Waals surface area contributed by atoms with Crippen molar-refractivity contribution < 1.29 is 9.53 Å². The van der Waals surface area contributed by atoms with Gasteiger partial charge in [0.2, 0.25) is 5.95 Å². The van der Waals surface area contributed by atoms with Crippen LogP contribution < -0.4 is 20.7 Å². The van der Waals surface area contributed by atoms with E-state index in [-0.39, 0.29) is 5.91 Å². The fourth-order valence-electron chi connectivity index (χ4n) is 1.98. The normalized spacial score (nSPS) is 13.5. The van der Waals surface area contributed by atoms with Crippen LogP contribution in [0.2, 0.25) is 0 Å². The highest BCUT2D eigenvalue weighted by molar-refractivity contribution is 5.93. The van der Waals surface area contributed by atoms with Gasteiger partial charge in [0, 0.05) is 19.7 Å². The first-order chi connectivity index (χ1) is 10.6. The van der Waals surface area contributed by atoms with Crippen LogP contribution >= 0.6 is 0 Å². The highest BCUT2D eigenvalue weighted by Crippen LogP contribution is 2.13. The number of hydrogen-bond acceptors (Lipinski definition) is 6.